The Hall–Kier alpha value is -0.260. The SMILES string of the molecule is C/C=C\CCCCCCCCCCCCCCCCCCCCC. The Morgan fingerprint density at radius 3 is 1.00 bits per heavy atom. The highest BCUT2D eigenvalue weighted by atomic mass is 14.0. The molecule has 0 amide bonds. The average molecular weight is 337 g/mol. The van der Waals surface area contributed by atoms with Gasteiger partial charge in [0.15, 0.2) is 0 Å². The van der Waals surface area contributed by atoms with Crippen molar-refractivity contribution < 1.29 is 0 Å². The van der Waals surface area contributed by atoms with Gasteiger partial charge < -0.3 is 0 Å². The Kier molecular flexibility index (Phi) is 22.5. The summed E-state index contributed by atoms with van der Waals surface area (Å²) in [6, 6.07) is 0. The number of unbranched alkanes of at least 4 members (excludes halogenated alkanes) is 19. The fourth-order valence-electron chi connectivity index (χ4n) is 3.51. The zero-order valence-corrected chi connectivity index (χ0v) is 17.3. The van der Waals surface area contributed by atoms with Crippen LogP contribution in [0.25, 0.3) is 0 Å². The monoisotopic (exact) mass is 336 g/mol. The topological polar surface area (TPSA) is 0 Å². The molecule has 0 heteroatoms. The summed E-state index contributed by atoms with van der Waals surface area (Å²) in [6.07, 6.45) is 33.6. The molecule has 0 aromatic rings. The van der Waals surface area contributed by atoms with Crippen LogP contribution >= 0.6 is 0 Å². The zero-order chi connectivity index (χ0) is 17.6. The molecular formula is C24H48. The van der Waals surface area contributed by atoms with Gasteiger partial charge in [-0.05, 0) is 19.8 Å². The summed E-state index contributed by atoms with van der Waals surface area (Å²) in [4.78, 5) is 0. The van der Waals surface area contributed by atoms with Crippen molar-refractivity contribution in [2.24, 2.45) is 0 Å². The van der Waals surface area contributed by atoms with E-state index in [0.717, 1.165) is 0 Å². The maximum absolute atomic E-state index is 2.30. The van der Waals surface area contributed by atoms with E-state index in [1.54, 1.807) is 0 Å². The highest BCUT2D eigenvalue weighted by Crippen LogP contribution is 2.14. The van der Waals surface area contributed by atoms with E-state index in [2.05, 4.69) is 26.0 Å². The van der Waals surface area contributed by atoms with Crippen molar-refractivity contribution in [3.8, 4) is 0 Å². The van der Waals surface area contributed by atoms with Gasteiger partial charge in [0.2, 0.25) is 0 Å². The first kappa shape index (κ1) is 23.7. The molecule has 24 heavy (non-hydrogen) atoms. The van der Waals surface area contributed by atoms with Crippen molar-refractivity contribution >= 4 is 0 Å². The van der Waals surface area contributed by atoms with E-state index in [1.165, 1.54) is 128 Å². The molecule has 0 saturated heterocycles. The molecular weight excluding hydrogens is 288 g/mol. The first-order chi connectivity index (χ1) is 11.9. The van der Waals surface area contributed by atoms with Gasteiger partial charge in [-0.15, -0.1) is 0 Å². The molecule has 0 spiro atoms. The van der Waals surface area contributed by atoms with E-state index >= 15 is 0 Å². The van der Waals surface area contributed by atoms with E-state index < -0.39 is 0 Å². The molecule has 144 valence electrons. The fraction of sp³-hybridized carbons (Fsp3) is 0.917. The maximum Gasteiger partial charge on any atom is -0.0351 e. The second-order valence-electron chi connectivity index (χ2n) is 7.72. The highest BCUT2D eigenvalue weighted by molar-refractivity contribution is 4.76. The first-order valence-electron chi connectivity index (χ1n) is 11.5. The number of rotatable bonds is 20. The molecule has 0 aliphatic carbocycles. The van der Waals surface area contributed by atoms with Crippen molar-refractivity contribution in [3.05, 3.63) is 12.2 Å². The van der Waals surface area contributed by atoms with Crippen molar-refractivity contribution in [1.82, 2.24) is 0 Å². The Bertz CT molecular complexity index is 228. The van der Waals surface area contributed by atoms with Crippen LogP contribution in [0.15, 0.2) is 12.2 Å². The second kappa shape index (κ2) is 22.7. The quantitative estimate of drug-likeness (QED) is 0.153. The van der Waals surface area contributed by atoms with Crippen LogP contribution in [0.5, 0.6) is 0 Å². The van der Waals surface area contributed by atoms with Gasteiger partial charge in [-0.2, -0.15) is 0 Å². The van der Waals surface area contributed by atoms with Gasteiger partial charge in [-0.25, -0.2) is 0 Å². The molecule has 0 aromatic carbocycles. The van der Waals surface area contributed by atoms with E-state index in [-0.39, 0.29) is 0 Å². The standard InChI is InChI=1S/C24H48/c1-3-5-7-9-11-13-15-17-19-21-23-24-22-20-18-16-14-12-10-8-6-4-2/h3,5H,4,6-24H2,1-2H3/b5-3-. The summed E-state index contributed by atoms with van der Waals surface area (Å²) in [7, 11) is 0. The molecule has 0 fully saturated rings. The van der Waals surface area contributed by atoms with E-state index in [0.29, 0.717) is 0 Å². The van der Waals surface area contributed by atoms with Crippen molar-refractivity contribution in [3.63, 3.8) is 0 Å². The van der Waals surface area contributed by atoms with Gasteiger partial charge in [-0.1, -0.05) is 135 Å². The smallest absolute Gasteiger partial charge is 0.0351 e. The van der Waals surface area contributed by atoms with Gasteiger partial charge >= 0.3 is 0 Å². The largest absolute Gasteiger partial charge is 0.0917 e. The van der Waals surface area contributed by atoms with Crippen molar-refractivity contribution in [2.45, 2.75) is 142 Å². The third-order valence-electron chi connectivity index (χ3n) is 5.21. The average Bonchev–Trinajstić information content (AvgIpc) is 2.60. The molecule has 0 atom stereocenters. The van der Waals surface area contributed by atoms with Crippen LogP contribution in [0.1, 0.15) is 142 Å². The minimum atomic E-state index is 1.29. The zero-order valence-electron chi connectivity index (χ0n) is 17.3. The molecule has 0 rings (SSSR count). The summed E-state index contributed by atoms with van der Waals surface area (Å²) in [6.45, 7) is 4.42. The number of allylic oxidation sites excluding steroid dienone is 2. The summed E-state index contributed by atoms with van der Waals surface area (Å²) in [5.41, 5.74) is 0. The van der Waals surface area contributed by atoms with Crippen LogP contribution in [-0.4, -0.2) is 0 Å². The normalized spacial score (nSPS) is 11.6. The van der Waals surface area contributed by atoms with E-state index in [9.17, 15) is 0 Å². The fourth-order valence-corrected chi connectivity index (χ4v) is 3.51. The molecule has 0 nitrogen and oxygen atoms in total. The molecule has 0 unspecified atom stereocenters. The number of hydrogen-bond acceptors (Lipinski definition) is 0. The lowest BCUT2D eigenvalue weighted by Gasteiger charge is -2.03. The summed E-state index contributed by atoms with van der Waals surface area (Å²) in [5.74, 6) is 0. The lowest BCUT2D eigenvalue weighted by molar-refractivity contribution is 0.523. The lowest BCUT2D eigenvalue weighted by Crippen LogP contribution is -1.84. The van der Waals surface area contributed by atoms with Crippen molar-refractivity contribution in [1.29, 1.82) is 0 Å². The van der Waals surface area contributed by atoms with Gasteiger partial charge in [0, 0.05) is 0 Å². The predicted molar refractivity (Wildman–Crippen MR) is 113 cm³/mol. The lowest BCUT2D eigenvalue weighted by atomic mass is 10.0. The van der Waals surface area contributed by atoms with E-state index in [1.807, 2.05) is 0 Å². The molecule has 0 bridgehead atoms. The van der Waals surface area contributed by atoms with Gasteiger partial charge in [0.05, 0.1) is 0 Å². The van der Waals surface area contributed by atoms with Crippen molar-refractivity contribution in [2.75, 3.05) is 0 Å². The minimum Gasteiger partial charge on any atom is -0.0917 e. The second-order valence-corrected chi connectivity index (χ2v) is 7.72. The Morgan fingerprint density at radius 1 is 0.417 bits per heavy atom. The van der Waals surface area contributed by atoms with Gasteiger partial charge in [-0.3, -0.25) is 0 Å². The van der Waals surface area contributed by atoms with Crippen LogP contribution < -0.4 is 0 Å². The van der Waals surface area contributed by atoms with Gasteiger partial charge in [0.1, 0.15) is 0 Å². The number of hydrogen-bond donors (Lipinski definition) is 0. The molecule has 0 aliphatic rings. The maximum atomic E-state index is 2.30. The Morgan fingerprint density at radius 2 is 0.708 bits per heavy atom. The Balaban J connectivity index is 2.95. The highest BCUT2D eigenvalue weighted by Gasteiger charge is 1.95. The van der Waals surface area contributed by atoms with E-state index in [4.69, 9.17) is 0 Å². The predicted octanol–water partition coefficient (Wildman–Crippen LogP) is 9.38. The molecule has 0 aromatic heterocycles. The molecule has 0 saturated carbocycles. The summed E-state index contributed by atoms with van der Waals surface area (Å²) in [5, 5.41) is 0. The Labute approximate surface area is 154 Å². The third-order valence-corrected chi connectivity index (χ3v) is 5.21. The molecule has 0 radical (unpaired) electrons. The van der Waals surface area contributed by atoms with Crippen LogP contribution in [0, 0.1) is 0 Å². The molecule has 0 heterocycles. The van der Waals surface area contributed by atoms with Crippen LogP contribution in [0.2, 0.25) is 0 Å². The van der Waals surface area contributed by atoms with Crippen LogP contribution in [-0.2, 0) is 0 Å². The summed E-state index contributed by atoms with van der Waals surface area (Å²) < 4.78 is 0. The molecule has 0 N–H and O–H groups in total. The van der Waals surface area contributed by atoms with Crippen LogP contribution in [0.4, 0.5) is 0 Å². The third kappa shape index (κ3) is 21.7. The molecule has 0 aliphatic heterocycles. The first-order valence-corrected chi connectivity index (χ1v) is 11.5. The summed E-state index contributed by atoms with van der Waals surface area (Å²) >= 11 is 0. The minimum absolute atomic E-state index is 1.29. The van der Waals surface area contributed by atoms with Gasteiger partial charge in [0.25, 0.3) is 0 Å². The van der Waals surface area contributed by atoms with Crippen LogP contribution in [0.3, 0.4) is 0 Å².